The molecule has 0 unspecified atom stereocenters. The third-order valence-corrected chi connectivity index (χ3v) is 11.0. The van der Waals surface area contributed by atoms with Crippen LogP contribution in [-0.4, -0.2) is 62.9 Å². The molecule has 3 saturated carbocycles. The molecule has 9 nitrogen and oxygen atoms in total. The number of pyridine rings is 1. The maximum Gasteiger partial charge on any atom is 0.319 e. The van der Waals surface area contributed by atoms with Crippen molar-refractivity contribution in [3.63, 3.8) is 0 Å². The van der Waals surface area contributed by atoms with Crippen LogP contribution in [0.5, 0.6) is 11.8 Å². The first kappa shape index (κ1) is 28.9. The molecule has 5 aliphatic rings. The Labute approximate surface area is 264 Å². The number of carbonyl (C=O) groups is 1. The Hall–Kier alpha value is -4.56. The standard InChI is InChI=1S/C35H33F2N5O4/c1-2-23-26(36)6-3-19-13-22(43)14-24(27(19)23)29-28(37)30-25(15-38-29)31(42-16-20-4-5-21(17-42)39-20)41-33(40-30)46-18-34-7-10-35(11-8-34,12-9-34)32(44)45/h1,3,6,13-15,20-21,39,43H,4-5,7-12,16-18H2,(H,44,45)/t20-,21+,34?,35?. The highest BCUT2D eigenvalue weighted by atomic mass is 19.1. The van der Waals surface area contributed by atoms with Crippen LogP contribution >= 0.6 is 0 Å². The van der Waals surface area contributed by atoms with Crippen LogP contribution in [0.15, 0.2) is 30.5 Å². The molecule has 2 aromatic carbocycles. The van der Waals surface area contributed by atoms with Crippen molar-refractivity contribution in [2.24, 2.45) is 10.8 Å². The summed E-state index contributed by atoms with van der Waals surface area (Å²) in [5.41, 5.74) is -0.850. The van der Waals surface area contributed by atoms with E-state index in [9.17, 15) is 19.4 Å². The van der Waals surface area contributed by atoms with Gasteiger partial charge < -0.3 is 25.2 Å². The van der Waals surface area contributed by atoms with E-state index in [2.05, 4.69) is 26.1 Å². The van der Waals surface area contributed by atoms with Gasteiger partial charge in [-0.05, 0) is 75.0 Å². The molecule has 46 heavy (non-hydrogen) atoms. The molecule has 0 spiro atoms. The molecule has 9 rings (SSSR count). The number of terminal acetylenes is 1. The molecular formula is C35H33F2N5O4. The Morgan fingerprint density at radius 2 is 1.80 bits per heavy atom. The van der Waals surface area contributed by atoms with Gasteiger partial charge in [0.1, 0.15) is 28.6 Å². The van der Waals surface area contributed by atoms with E-state index in [1.165, 1.54) is 30.5 Å². The first-order chi connectivity index (χ1) is 22.2. The molecule has 4 aromatic rings. The summed E-state index contributed by atoms with van der Waals surface area (Å²) < 4.78 is 37.9. The molecule has 3 aliphatic carbocycles. The Morgan fingerprint density at radius 3 is 2.48 bits per heavy atom. The Morgan fingerprint density at radius 1 is 1.09 bits per heavy atom. The van der Waals surface area contributed by atoms with Crippen LogP contribution in [0.1, 0.15) is 56.9 Å². The lowest BCUT2D eigenvalue weighted by Crippen LogP contribution is -2.51. The average molecular weight is 626 g/mol. The molecule has 2 aliphatic heterocycles. The highest BCUT2D eigenvalue weighted by Gasteiger charge is 2.53. The van der Waals surface area contributed by atoms with Crippen LogP contribution in [0.3, 0.4) is 0 Å². The van der Waals surface area contributed by atoms with Gasteiger partial charge in [0.05, 0.1) is 23.0 Å². The number of fused-ring (bicyclic) bond motifs is 7. The van der Waals surface area contributed by atoms with Crippen molar-refractivity contribution in [1.82, 2.24) is 20.3 Å². The van der Waals surface area contributed by atoms with Crippen molar-refractivity contribution in [2.45, 2.75) is 63.5 Å². The lowest BCUT2D eigenvalue weighted by molar-refractivity contribution is -0.160. The van der Waals surface area contributed by atoms with Gasteiger partial charge >= 0.3 is 12.0 Å². The molecule has 5 fully saturated rings. The van der Waals surface area contributed by atoms with Crippen molar-refractivity contribution in [3.05, 3.63) is 47.7 Å². The average Bonchev–Trinajstić information content (AvgIpc) is 3.41. The predicted octanol–water partition coefficient (Wildman–Crippen LogP) is 5.55. The lowest BCUT2D eigenvalue weighted by atomic mass is 9.54. The Balaban J connectivity index is 1.23. The SMILES string of the molecule is C#Cc1c(F)ccc2cc(O)cc(-c3ncc4c(N5C[C@H]6CC[C@@H](C5)N6)nc(OCC56CCC(C(=O)O)(CC5)CC6)nc4c3F)c12. The van der Waals surface area contributed by atoms with Gasteiger partial charge in [-0.1, -0.05) is 12.0 Å². The molecule has 4 heterocycles. The lowest BCUT2D eigenvalue weighted by Gasteiger charge is -2.50. The summed E-state index contributed by atoms with van der Waals surface area (Å²) in [6.07, 6.45) is 13.3. The third-order valence-electron chi connectivity index (χ3n) is 11.0. The summed E-state index contributed by atoms with van der Waals surface area (Å²) in [5.74, 6) is 0.641. The largest absolute Gasteiger partial charge is 0.508 e. The zero-order valence-electron chi connectivity index (χ0n) is 25.2. The van der Waals surface area contributed by atoms with Crippen LogP contribution in [0, 0.1) is 34.8 Å². The van der Waals surface area contributed by atoms with Crippen LogP contribution < -0.4 is 15.0 Å². The van der Waals surface area contributed by atoms with Crippen molar-refractivity contribution in [2.75, 3.05) is 24.6 Å². The van der Waals surface area contributed by atoms with Crippen molar-refractivity contribution in [3.8, 4) is 35.4 Å². The fourth-order valence-corrected chi connectivity index (χ4v) is 8.26. The molecule has 3 N–H and O–H groups in total. The summed E-state index contributed by atoms with van der Waals surface area (Å²) in [5, 5.41) is 25.1. The van der Waals surface area contributed by atoms with Crippen LogP contribution in [-0.2, 0) is 4.79 Å². The van der Waals surface area contributed by atoms with Gasteiger partial charge in [-0.25, -0.2) is 8.78 Å². The number of carboxylic acid groups (broad SMARTS) is 1. The second-order valence-electron chi connectivity index (χ2n) is 13.6. The van der Waals surface area contributed by atoms with Crippen LogP contribution in [0.25, 0.3) is 32.9 Å². The van der Waals surface area contributed by atoms with E-state index in [1.54, 1.807) is 0 Å². The molecule has 2 atom stereocenters. The molecule has 11 heteroatoms. The Kier molecular flexibility index (Phi) is 6.59. The van der Waals surface area contributed by atoms with Crippen molar-refractivity contribution < 1.29 is 28.5 Å². The van der Waals surface area contributed by atoms with Gasteiger partial charge in [-0.3, -0.25) is 9.78 Å². The summed E-state index contributed by atoms with van der Waals surface area (Å²) >= 11 is 0. The maximum absolute atomic E-state index is 16.8. The number of anilines is 1. The number of phenolic OH excluding ortho intramolecular Hbond substituents is 1. The van der Waals surface area contributed by atoms with E-state index >= 15 is 4.39 Å². The number of benzene rings is 2. The van der Waals surface area contributed by atoms with E-state index in [4.69, 9.17) is 16.1 Å². The van der Waals surface area contributed by atoms with Gasteiger partial charge in [0, 0.05) is 47.7 Å². The quantitative estimate of drug-likeness (QED) is 0.237. The highest BCUT2D eigenvalue weighted by molar-refractivity contribution is 6.03. The van der Waals surface area contributed by atoms with Gasteiger partial charge in [0.25, 0.3) is 0 Å². The minimum atomic E-state index is -0.761. The van der Waals surface area contributed by atoms with Crippen LogP contribution in [0.2, 0.25) is 0 Å². The fraction of sp³-hybridized carbons (Fsp3) is 0.429. The smallest absolute Gasteiger partial charge is 0.319 e. The second-order valence-corrected chi connectivity index (χ2v) is 13.6. The summed E-state index contributed by atoms with van der Waals surface area (Å²) in [6.45, 7) is 1.69. The summed E-state index contributed by atoms with van der Waals surface area (Å²) in [6, 6.07) is 6.09. The number of rotatable bonds is 6. The summed E-state index contributed by atoms with van der Waals surface area (Å²) in [4.78, 5) is 28.0. The number of halogens is 2. The number of nitrogens with one attached hydrogen (secondary N) is 1. The number of ether oxygens (including phenoxy) is 1. The topological polar surface area (TPSA) is 121 Å². The molecule has 2 aromatic heterocycles. The number of aliphatic carboxylic acids is 1. The highest BCUT2D eigenvalue weighted by Crippen LogP contribution is 2.57. The van der Waals surface area contributed by atoms with Gasteiger partial charge in [-0.15, -0.1) is 6.42 Å². The number of nitrogens with zero attached hydrogens (tertiary/aromatic N) is 4. The number of phenols is 1. The Bertz CT molecular complexity index is 1940. The van der Waals surface area contributed by atoms with E-state index in [1.807, 2.05) is 0 Å². The zero-order valence-corrected chi connectivity index (χ0v) is 25.2. The van der Waals surface area contributed by atoms with E-state index in [-0.39, 0.29) is 44.9 Å². The van der Waals surface area contributed by atoms with Gasteiger partial charge in [0.15, 0.2) is 5.82 Å². The molecule has 4 bridgehead atoms. The number of piperazine rings is 1. The first-order valence-electron chi connectivity index (χ1n) is 15.8. The van der Waals surface area contributed by atoms with Gasteiger partial charge in [-0.2, -0.15) is 9.97 Å². The van der Waals surface area contributed by atoms with E-state index in [0.29, 0.717) is 67.6 Å². The van der Waals surface area contributed by atoms with E-state index < -0.39 is 23.0 Å². The number of hydrogen-bond acceptors (Lipinski definition) is 8. The van der Waals surface area contributed by atoms with Gasteiger partial charge in [0.2, 0.25) is 0 Å². The van der Waals surface area contributed by atoms with E-state index in [0.717, 1.165) is 32.1 Å². The molecule has 2 saturated heterocycles. The first-order valence-corrected chi connectivity index (χ1v) is 15.8. The molecule has 0 radical (unpaired) electrons. The van der Waals surface area contributed by atoms with Crippen LogP contribution in [0.4, 0.5) is 14.6 Å². The van der Waals surface area contributed by atoms with Crippen molar-refractivity contribution in [1.29, 1.82) is 0 Å². The number of hydrogen-bond donors (Lipinski definition) is 3. The number of aromatic nitrogens is 3. The normalized spacial score (nSPS) is 26.8. The minimum absolute atomic E-state index is 0.000663. The summed E-state index contributed by atoms with van der Waals surface area (Å²) in [7, 11) is 0. The second kappa shape index (κ2) is 10.5. The maximum atomic E-state index is 16.8. The zero-order chi connectivity index (χ0) is 31.8. The molecule has 0 amide bonds. The number of carboxylic acids is 1. The minimum Gasteiger partial charge on any atom is -0.508 e. The molecular weight excluding hydrogens is 592 g/mol. The fourth-order valence-electron chi connectivity index (χ4n) is 8.26. The molecule has 236 valence electrons. The monoisotopic (exact) mass is 625 g/mol. The third kappa shape index (κ3) is 4.53. The van der Waals surface area contributed by atoms with Crippen molar-refractivity contribution >= 4 is 33.5 Å². The predicted molar refractivity (Wildman–Crippen MR) is 168 cm³/mol. The number of aromatic hydroxyl groups is 1.